The molecule has 3 heteroatoms. The van der Waals surface area contributed by atoms with Crippen molar-refractivity contribution in [3.63, 3.8) is 0 Å². The molecule has 0 radical (unpaired) electrons. The normalized spacial score (nSPS) is 12.6. The van der Waals surface area contributed by atoms with Crippen LogP contribution in [0, 0.1) is 0 Å². The van der Waals surface area contributed by atoms with Gasteiger partial charge in [0.25, 0.3) is 5.91 Å². The van der Waals surface area contributed by atoms with E-state index in [2.05, 4.69) is 17.2 Å². The number of aromatic nitrogens is 1. The number of H-pyrrole nitrogens is 1. The molecule has 0 spiro atoms. The lowest BCUT2D eigenvalue weighted by Crippen LogP contribution is -2.32. The van der Waals surface area contributed by atoms with E-state index in [0.29, 0.717) is 0 Å². The van der Waals surface area contributed by atoms with Crippen LogP contribution in [0.15, 0.2) is 30.5 Å². The van der Waals surface area contributed by atoms with Gasteiger partial charge < -0.3 is 10.3 Å². The largest absolute Gasteiger partial charge is 0.361 e. The van der Waals surface area contributed by atoms with Crippen molar-refractivity contribution in [2.45, 2.75) is 32.7 Å². The Morgan fingerprint density at radius 2 is 2.24 bits per heavy atom. The predicted octanol–water partition coefficient (Wildman–Crippen LogP) is 3.09. The van der Waals surface area contributed by atoms with Crippen molar-refractivity contribution in [1.29, 1.82) is 0 Å². The van der Waals surface area contributed by atoms with Gasteiger partial charge in [-0.25, -0.2) is 0 Å². The Morgan fingerprint density at radius 1 is 1.41 bits per heavy atom. The third kappa shape index (κ3) is 2.49. The zero-order valence-electron chi connectivity index (χ0n) is 10.3. The average molecular weight is 230 g/mol. The second-order valence-corrected chi connectivity index (χ2v) is 4.41. The SMILES string of the molecule is CCCC(C)NC(=O)c1cccc2[nH]ccc12. The number of hydrogen-bond acceptors (Lipinski definition) is 1. The van der Waals surface area contributed by atoms with Gasteiger partial charge in [0, 0.05) is 28.7 Å². The fraction of sp³-hybridized carbons (Fsp3) is 0.357. The van der Waals surface area contributed by atoms with Crippen LogP contribution in [-0.4, -0.2) is 16.9 Å². The third-order valence-electron chi connectivity index (χ3n) is 2.94. The lowest BCUT2D eigenvalue weighted by atomic mass is 10.1. The van der Waals surface area contributed by atoms with Crippen LogP contribution in [0.5, 0.6) is 0 Å². The van der Waals surface area contributed by atoms with Crippen molar-refractivity contribution in [2.75, 3.05) is 0 Å². The van der Waals surface area contributed by atoms with Gasteiger partial charge in [-0.1, -0.05) is 19.4 Å². The van der Waals surface area contributed by atoms with Crippen LogP contribution >= 0.6 is 0 Å². The molecule has 0 aliphatic heterocycles. The Hall–Kier alpha value is -1.77. The summed E-state index contributed by atoms with van der Waals surface area (Å²) in [6.07, 6.45) is 3.95. The van der Waals surface area contributed by atoms with Gasteiger partial charge in [-0.3, -0.25) is 4.79 Å². The Balaban J connectivity index is 2.21. The maximum Gasteiger partial charge on any atom is 0.252 e. The van der Waals surface area contributed by atoms with Crippen molar-refractivity contribution in [3.05, 3.63) is 36.0 Å². The Morgan fingerprint density at radius 3 is 3.00 bits per heavy atom. The Kier molecular flexibility index (Phi) is 3.47. The fourth-order valence-electron chi connectivity index (χ4n) is 2.09. The fourth-order valence-corrected chi connectivity index (χ4v) is 2.09. The molecular formula is C14H18N2O. The minimum Gasteiger partial charge on any atom is -0.361 e. The molecule has 1 amide bonds. The van der Waals surface area contributed by atoms with Crippen molar-refractivity contribution in [2.24, 2.45) is 0 Å². The highest BCUT2D eigenvalue weighted by Crippen LogP contribution is 2.17. The van der Waals surface area contributed by atoms with Gasteiger partial charge in [-0.15, -0.1) is 0 Å². The number of benzene rings is 1. The van der Waals surface area contributed by atoms with E-state index < -0.39 is 0 Å². The molecule has 1 aromatic carbocycles. The summed E-state index contributed by atoms with van der Waals surface area (Å²) in [4.78, 5) is 15.2. The molecule has 0 aliphatic rings. The molecule has 2 aromatic rings. The van der Waals surface area contributed by atoms with Crippen molar-refractivity contribution in [1.82, 2.24) is 10.3 Å². The lowest BCUT2D eigenvalue weighted by Gasteiger charge is -2.13. The van der Waals surface area contributed by atoms with Crippen LogP contribution in [0.1, 0.15) is 37.0 Å². The first-order chi connectivity index (χ1) is 8.22. The van der Waals surface area contributed by atoms with Crippen molar-refractivity contribution in [3.8, 4) is 0 Å². The summed E-state index contributed by atoms with van der Waals surface area (Å²) in [5, 5.41) is 4.01. The molecule has 3 nitrogen and oxygen atoms in total. The summed E-state index contributed by atoms with van der Waals surface area (Å²) in [6, 6.07) is 7.90. The van der Waals surface area contributed by atoms with E-state index in [1.165, 1.54) is 0 Å². The van der Waals surface area contributed by atoms with Gasteiger partial charge in [-0.2, -0.15) is 0 Å². The molecule has 0 saturated carbocycles. The summed E-state index contributed by atoms with van der Waals surface area (Å²) in [5.41, 5.74) is 1.74. The first-order valence-corrected chi connectivity index (χ1v) is 6.09. The van der Waals surface area contributed by atoms with Crippen LogP contribution < -0.4 is 5.32 Å². The molecule has 0 fully saturated rings. The zero-order chi connectivity index (χ0) is 12.3. The van der Waals surface area contributed by atoms with E-state index in [0.717, 1.165) is 29.3 Å². The average Bonchev–Trinajstić information content (AvgIpc) is 2.76. The van der Waals surface area contributed by atoms with Crippen LogP contribution in [0.25, 0.3) is 10.9 Å². The van der Waals surface area contributed by atoms with E-state index in [9.17, 15) is 4.79 Å². The van der Waals surface area contributed by atoms with Crippen molar-refractivity contribution >= 4 is 16.8 Å². The molecule has 17 heavy (non-hydrogen) atoms. The molecule has 2 rings (SSSR count). The summed E-state index contributed by atoms with van der Waals surface area (Å²) in [7, 11) is 0. The number of amides is 1. The van der Waals surface area contributed by atoms with Crippen molar-refractivity contribution < 1.29 is 4.79 Å². The maximum absolute atomic E-state index is 12.1. The highest BCUT2D eigenvalue weighted by molar-refractivity contribution is 6.06. The molecule has 1 atom stereocenters. The van der Waals surface area contributed by atoms with Gasteiger partial charge in [0.15, 0.2) is 0 Å². The predicted molar refractivity (Wildman–Crippen MR) is 70.1 cm³/mol. The number of hydrogen-bond donors (Lipinski definition) is 2. The first-order valence-electron chi connectivity index (χ1n) is 6.09. The molecule has 1 aromatic heterocycles. The quantitative estimate of drug-likeness (QED) is 0.833. The number of aromatic amines is 1. The molecular weight excluding hydrogens is 212 g/mol. The Bertz CT molecular complexity index is 516. The van der Waals surface area contributed by atoms with Crippen LogP contribution in [0.2, 0.25) is 0 Å². The zero-order valence-corrected chi connectivity index (χ0v) is 10.3. The van der Waals surface area contributed by atoms with E-state index in [4.69, 9.17) is 0 Å². The molecule has 1 unspecified atom stereocenters. The van der Waals surface area contributed by atoms with E-state index in [1.54, 1.807) is 0 Å². The smallest absolute Gasteiger partial charge is 0.252 e. The van der Waals surface area contributed by atoms with Gasteiger partial charge in [0.05, 0.1) is 0 Å². The maximum atomic E-state index is 12.1. The number of carbonyl (C=O) groups is 1. The highest BCUT2D eigenvalue weighted by atomic mass is 16.1. The monoisotopic (exact) mass is 230 g/mol. The number of nitrogens with one attached hydrogen (secondary N) is 2. The standard InChI is InChI=1S/C14H18N2O/c1-3-5-10(2)16-14(17)12-6-4-7-13-11(12)8-9-15-13/h4,6-10,15H,3,5H2,1-2H3,(H,16,17). The van der Waals surface area contributed by atoms with E-state index >= 15 is 0 Å². The van der Waals surface area contributed by atoms with Crippen LogP contribution in [0.4, 0.5) is 0 Å². The molecule has 0 bridgehead atoms. The first kappa shape index (κ1) is 11.7. The third-order valence-corrected chi connectivity index (χ3v) is 2.94. The summed E-state index contributed by atoms with van der Waals surface area (Å²) < 4.78 is 0. The number of rotatable bonds is 4. The molecule has 0 saturated heterocycles. The van der Waals surface area contributed by atoms with Gasteiger partial charge >= 0.3 is 0 Å². The Labute approximate surface area is 101 Å². The number of fused-ring (bicyclic) bond motifs is 1. The topological polar surface area (TPSA) is 44.9 Å². The highest BCUT2D eigenvalue weighted by Gasteiger charge is 2.12. The second-order valence-electron chi connectivity index (χ2n) is 4.41. The summed E-state index contributed by atoms with van der Waals surface area (Å²) in [6.45, 7) is 4.16. The minimum absolute atomic E-state index is 0.0103. The van der Waals surface area contributed by atoms with Crippen LogP contribution in [0.3, 0.4) is 0 Å². The van der Waals surface area contributed by atoms with Gasteiger partial charge in [0.1, 0.15) is 0 Å². The number of carbonyl (C=O) groups excluding carboxylic acids is 1. The van der Waals surface area contributed by atoms with Gasteiger partial charge in [-0.05, 0) is 31.5 Å². The molecule has 90 valence electrons. The minimum atomic E-state index is 0.0103. The second kappa shape index (κ2) is 5.04. The summed E-state index contributed by atoms with van der Waals surface area (Å²) >= 11 is 0. The molecule has 2 N–H and O–H groups in total. The van der Waals surface area contributed by atoms with Crippen LogP contribution in [-0.2, 0) is 0 Å². The van der Waals surface area contributed by atoms with E-state index in [-0.39, 0.29) is 11.9 Å². The van der Waals surface area contributed by atoms with E-state index in [1.807, 2.05) is 37.4 Å². The lowest BCUT2D eigenvalue weighted by molar-refractivity contribution is 0.0940. The summed E-state index contributed by atoms with van der Waals surface area (Å²) in [5.74, 6) is 0.0103. The molecule has 0 aliphatic carbocycles. The van der Waals surface area contributed by atoms with Gasteiger partial charge in [0.2, 0.25) is 0 Å². The molecule has 1 heterocycles.